The second-order valence-electron chi connectivity index (χ2n) is 5.01. The zero-order chi connectivity index (χ0) is 15.8. The average molecular weight is 323 g/mol. The van der Waals surface area contributed by atoms with Crippen molar-refractivity contribution >= 4 is 23.3 Å². The molecule has 0 saturated heterocycles. The van der Waals surface area contributed by atoms with E-state index in [1.54, 1.807) is 34.2 Å². The lowest BCUT2D eigenvalue weighted by molar-refractivity contribution is 0.111. The van der Waals surface area contributed by atoms with Gasteiger partial charge in [0.1, 0.15) is 11.5 Å². The van der Waals surface area contributed by atoms with E-state index in [-0.39, 0.29) is 5.82 Å². The summed E-state index contributed by atoms with van der Waals surface area (Å²) in [5.41, 5.74) is 4.32. The molecular weight excluding hydrogens is 313 g/mol. The second-order valence-corrected chi connectivity index (χ2v) is 5.79. The number of nitrogens with zero attached hydrogens (tertiary/aromatic N) is 3. The van der Waals surface area contributed by atoms with Gasteiger partial charge in [0.25, 0.3) is 0 Å². The third-order valence-electron chi connectivity index (χ3n) is 3.54. The SMILES string of the molecule is O=Cc1cn2nc(-c3ccc(F)cc3)cc(-c3ccsc3)c2n1. The Bertz CT molecular complexity index is 991. The van der Waals surface area contributed by atoms with Gasteiger partial charge in [-0.05, 0) is 52.7 Å². The minimum Gasteiger partial charge on any atom is -0.296 e. The molecule has 3 heterocycles. The third kappa shape index (κ3) is 2.43. The predicted molar refractivity (Wildman–Crippen MR) is 87.1 cm³/mol. The maximum Gasteiger partial charge on any atom is 0.170 e. The van der Waals surface area contributed by atoms with Crippen molar-refractivity contribution in [1.29, 1.82) is 0 Å². The Labute approximate surface area is 134 Å². The van der Waals surface area contributed by atoms with Crippen LogP contribution in [0, 0.1) is 5.82 Å². The van der Waals surface area contributed by atoms with Gasteiger partial charge in [-0.2, -0.15) is 16.4 Å². The van der Waals surface area contributed by atoms with Gasteiger partial charge in [0.15, 0.2) is 11.9 Å². The molecule has 0 aliphatic rings. The fraction of sp³-hybridized carbons (Fsp3) is 0. The van der Waals surface area contributed by atoms with Gasteiger partial charge in [0, 0.05) is 11.1 Å². The molecule has 4 rings (SSSR count). The van der Waals surface area contributed by atoms with E-state index in [4.69, 9.17) is 0 Å². The molecule has 6 heteroatoms. The number of fused-ring (bicyclic) bond motifs is 1. The van der Waals surface area contributed by atoms with Crippen molar-refractivity contribution in [2.24, 2.45) is 0 Å². The highest BCUT2D eigenvalue weighted by Gasteiger charge is 2.13. The molecule has 23 heavy (non-hydrogen) atoms. The van der Waals surface area contributed by atoms with Crippen LogP contribution in [0.25, 0.3) is 28.0 Å². The number of carbonyl (C=O) groups is 1. The molecule has 0 atom stereocenters. The first-order valence-electron chi connectivity index (χ1n) is 6.89. The van der Waals surface area contributed by atoms with E-state index >= 15 is 0 Å². The zero-order valence-corrected chi connectivity index (χ0v) is 12.6. The predicted octanol–water partition coefficient (Wildman–Crippen LogP) is 4.08. The summed E-state index contributed by atoms with van der Waals surface area (Å²) in [5.74, 6) is -0.293. The quantitative estimate of drug-likeness (QED) is 0.534. The van der Waals surface area contributed by atoms with Crippen LogP contribution in [0.5, 0.6) is 0 Å². The highest BCUT2D eigenvalue weighted by molar-refractivity contribution is 7.08. The van der Waals surface area contributed by atoms with Crippen molar-refractivity contribution < 1.29 is 9.18 Å². The molecule has 0 fully saturated rings. The smallest absolute Gasteiger partial charge is 0.170 e. The molecule has 112 valence electrons. The topological polar surface area (TPSA) is 47.3 Å². The lowest BCUT2D eigenvalue weighted by atomic mass is 10.1. The summed E-state index contributed by atoms with van der Waals surface area (Å²) in [6, 6.07) is 10.1. The number of hydrogen-bond donors (Lipinski definition) is 0. The van der Waals surface area contributed by atoms with Gasteiger partial charge < -0.3 is 0 Å². The molecule has 0 saturated carbocycles. The van der Waals surface area contributed by atoms with Crippen LogP contribution in [0.15, 0.2) is 53.4 Å². The number of imidazole rings is 1. The minimum atomic E-state index is -0.293. The minimum absolute atomic E-state index is 0.293. The van der Waals surface area contributed by atoms with Gasteiger partial charge in [-0.1, -0.05) is 0 Å². The summed E-state index contributed by atoms with van der Waals surface area (Å²) in [4.78, 5) is 15.3. The van der Waals surface area contributed by atoms with Crippen molar-refractivity contribution in [3.8, 4) is 22.4 Å². The van der Waals surface area contributed by atoms with Crippen molar-refractivity contribution in [3.63, 3.8) is 0 Å². The summed E-state index contributed by atoms with van der Waals surface area (Å²) in [5, 5.41) is 8.48. The van der Waals surface area contributed by atoms with Gasteiger partial charge >= 0.3 is 0 Å². The van der Waals surface area contributed by atoms with E-state index in [1.165, 1.54) is 12.1 Å². The molecule has 4 nitrogen and oxygen atoms in total. The molecule has 0 radical (unpaired) electrons. The normalized spacial score (nSPS) is 11.0. The van der Waals surface area contributed by atoms with Gasteiger partial charge in [-0.25, -0.2) is 13.9 Å². The van der Waals surface area contributed by atoms with Crippen LogP contribution in [-0.4, -0.2) is 20.9 Å². The van der Waals surface area contributed by atoms with E-state index in [1.807, 2.05) is 22.9 Å². The fourth-order valence-electron chi connectivity index (χ4n) is 2.44. The first kappa shape index (κ1) is 13.8. The molecule has 0 N–H and O–H groups in total. The number of halogens is 1. The summed E-state index contributed by atoms with van der Waals surface area (Å²) in [7, 11) is 0. The molecular formula is C17H10FN3OS. The molecule has 4 aromatic rings. The molecule has 0 amide bonds. The number of aromatic nitrogens is 3. The van der Waals surface area contributed by atoms with Crippen molar-refractivity contribution in [1.82, 2.24) is 14.6 Å². The number of benzene rings is 1. The molecule has 0 bridgehead atoms. The van der Waals surface area contributed by atoms with Crippen LogP contribution in [0.2, 0.25) is 0 Å². The van der Waals surface area contributed by atoms with Gasteiger partial charge in [-0.3, -0.25) is 4.79 Å². The molecule has 0 spiro atoms. The van der Waals surface area contributed by atoms with Crippen LogP contribution in [-0.2, 0) is 0 Å². The monoisotopic (exact) mass is 323 g/mol. The summed E-state index contributed by atoms with van der Waals surface area (Å²) in [6.45, 7) is 0. The zero-order valence-electron chi connectivity index (χ0n) is 11.8. The standard InChI is InChI=1S/C17H10FN3OS/c18-13-3-1-11(2-4-13)16-7-15(12-5-6-23-10-12)17-19-14(9-22)8-21(17)20-16/h1-10H. The molecule has 3 aromatic heterocycles. The Balaban J connectivity index is 1.99. The van der Waals surface area contributed by atoms with Crippen LogP contribution >= 0.6 is 11.3 Å². The van der Waals surface area contributed by atoms with E-state index in [0.717, 1.165) is 16.7 Å². The Hall–Kier alpha value is -2.86. The highest BCUT2D eigenvalue weighted by atomic mass is 32.1. The Morgan fingerprint density at radius 2 is 1.96 bits per heavy atom. The van der Waals surface area contributed by atoms with Gasteiger partial charge in [0.2, 0.25) is 0 Å². The molecule has 0 unspecified atom stereocenters. The van der Waals surface area contributed by atoms with Crippen molar-refractivity contribution in [2.75, 3.05) is 0 Å². The Morgan fingerprint density at radius 3 is 2.65 bits per heavy atom. The Morgan fingerprint density at radius 1 is 1.13 bits per heavy atom. The van der Waals surface area contributed by atoms with Crippen LogP contribution in [0.3, 0.4) is 0 Å². The first-order valence-corrected chi connectivity index (χ1v) is 7.83. The van der Waals surface area contributed by atoms with Crippen LogP contribution in [0.4, 0.5) is 4.39 Å². The van der Waals surface area contributed by atoms with E-state index in [0.29, 0.717) is 23.3 Å². The van der Waals surface area contributed by atoms with Gasteiger partial charge in [-0.15, -0.1) is 0 Å². The lowest BCUT2D eigenvalue weighted by Gasteiger charge is -2.06. The fourth-order valence-corrected chi connectivity index (χ4v) is 3.10. The summed E-state index contributed by atoms with van der Waals surface area (Å²) < 4.78 is 14.7. The number of aldehydes is 1. The number of thiophene rings is 1. The average Bonchev–Trinajstić information content (AvgIpc) is 3.23. The molecule has 0 aliphatic carbocycles. The Kier molecular flexibility index (Phi) is 3.24. The van der Waals surface area contributed by atoms with Crippen LogP contribution < -0.4 is 0 Å². The summed E-state index contributed by atoms with van der Waals surface area (Å²) >= 11 is 1.58. The number of rotatable bonds is 3. The first-order chi connectivity index (χ1) is 11.2. The van der Waals surface area contributed by atoms with E-state index in [9.17, 15) is 9.18 Å². The summed E-state index contributed by atoms with van der Waals surface area (Å²) in [6.07, 6.45) is 2.29. The third-order valence-corrected chi connectivity index (χ3v) is 4.22. The van der Waals surface area contributed by atoms with Gasteiger partial charge in [0.05, 0.1) is 11.9 Å². The van der Waals surface area contributed by atoms with E-state index in [2.05, 4.69) is 10.1 Å². The van der Waals surface area contributed by atoms with Crippen molar-refractivity contribution in [3.05, 3.63) is 64.9 Å². The second kappa shape index (κ2) is 5.40. The van der Waals surface area contributed by atoms with Crippen LogP contribution in [0.1, 0.15) is 10.5 Å². The number of carbonyl (C=O) groups excluding carboxylic acids is 1. The molecule has 1 aromatic carbocycles. The largest absolute Gasteiger partial charge is 0.296 e. The maximum absolute atomic E-state index is 13.1. The highest BCUT2D eigenvalue weighted by Crippen LogP contribution is 2.29. The van der Waals surface area contributed by atoms with Crippen molar-refractivity contribution in [2.45, 2.75) is 0 Å². The maximum atomic E-state index is 13.1. The van der Waals surface area contributed by atoms with E-state index < -0.39 is 0 Å². The number of hydrogen-bond acceptors (Lipinski definition) is 4. The lowest BCUT2D eigenvalue weighted by Crippen LogP contribution is -1.96. The molecule has 0 aliphatic heterocycles.